The van der Waals surface area contributed by atoms with Crippen LogP contribution in [0.25, 0.3) is 0 Å². The molecule has 0 aromatic heterocycles. The van der Waals surface area contributed by atoms with Gasteiger partial charge in [0.1, 0.15) is 5.75 Å². The summed E-state index contributed by atoms with van der Waals surface area (Å²) in [5, 5.41) is 10.2. The molecule has 3 N–H and O–H groups in total. The summed E-state index contributed by atoms with van der Waals surface area (Å²) in [5.41, 5.74) is 7.16. The van der Waals surface area contributed by atoms with Crippen molar-refractivity contribution in [2.24, 2.45) is 11.7 Å². The molecule has 0 saturated carbocycles. The van der Waals surface area contributed by atoms with Crippen molar-refractivity contribution in [3.63, 3.8) is 0 Å². The zero-order chi connectivity index (χ0) is 21.3. The molecule has 30 heavy (non-hydrogen) atoms. The lowest BCUT2D eigenvalue weighted by molar-refractivity contribution is -0.145. The van der Waals surface area contributed by atoms with Gasteiger partial charge in [0.15, 0.2) is 11.5 Å². The molecule has 0 radical (unpaired) electrons. The zero-order valence-electron chi connectivity index (χ0n) is 16.6. The number of primary amides is 1. The number of rotatable bonds is 6. The number of carboxylic acid groups (broad SMARTS) is 1. The number of hydrogen-bond acceptors (Lipinski definition) is 6. The number of piperidine rings is 1. The van der Waals surface area contributed by atoms with Crippen molar-refractivity contribution in [2.75, 3.05) is 33.5 Å². The molecule has 2 heterocycles. The molecule has 0 bridgehead atoms. The van der Waals surface area contributed by atoms with E-state index in [4.69, 9.17) is 19.9 Å². The van der Waals surface area contributed by atoms with Crippen LogP contribution in [0.3, 0.4) is 0 Å². The van der Waals surface area contributed by atoms with Crippen molar-refractivity contribution in [1.29, 1.82) is 0 Å². The summed E-state index contributed by atoms with van der Waals surface area (Å²) in [5.74, 6) is -0.731. The summed E-state index contributed by atoms with van der Waals surface area (Å²) in [7, 11) is 1.58. The minimum Gasteiger partial charge on any atom is -0.497 e. The van der Waals surface area contributed by atoms with Crippen LogP contribution >= 0.6 is 0 Å². The second kappa shape index (κ2) is 8.23. The highest BCUT2D eigenvalue weighted by Gasteiger charge is 2.43. The number of ether oxygens (including phenoxy) is 3. The Bertz CT molecular complexity index is 945. The molecule has 0 aliphatic carbocycles. The lowest BCUT2D eigenvalue weighted by Gasteiger charge is -2.42. The average Bonchev–Trinajstić information content (AvgIpc) is 3.20. The van der Waals surface area contributed by atoms with Crippen molar-refractivity contribution in [1.82, 2.24) is 4.90 Å². The topological polar surface area (TPSA) is 111 Å². The Hall–Kier alpha value is -3.26. The van der Waals surface area contributed by atoms with E-state index in [2.05, 4.69) is 0 Å². The first-order valence-corrected chi connectivity index (χ1v) is 9.73. The van der Waals surface area contributed by atoms with Crippen molar-refractivity contribution < 1.29 is 28.9 Å². The third-order valence-electron chi connectivity index (χ3n) is 5.81. The molecule has 2 aliphatic rings. The molecule has 158 valence electrons. The maximum absolute atomic E-state index is 12.4. The van der Waals surface area contributed by atoms with Gasteiger partial charge in [0.2, 0.25) is 12.7 Å². The van der Waals surface area contributed by atoms with E-state index in [0.717, 1.165) is 11.1 Å². The van der Waals surface area contributed by atoms with Crippen LogP contribution in [0.1, 0.15) is 23.0 Å². The molecule has 1 saturated heterocycles. The van der Waals surface area contributed by atoms with Gasteiger partial charge in [-0.25, -0.2) is 0 Å². The SMILES string of the molecule is COc1ccc(C2CN(CC(N)=O)CC(c3ccc4c(c3)OCO4)C2C(=O)O)cc1. The van der Waals surface area contributed by atoms with Crippen molar-refractivity contribution in [3.8, 4) is 17.2 Å². The molecule has 1 fully saturated rings. The first-order chi connectivity index (χ1) is 14.5. The molecule has 1 amide bonds. The van der Waals surface area contributed by atoms with E-state index in [1.54, 1.807) is 13.2 Å². The molecule has 3 unspecified atom stereocenters. The Labute approximate surface area is 174 Å². The fourth-order valence-corrected chi connectivity index (χ4v) is 4.45. The van der Waals surface area contributed by atoms with Gasteiger partial charge in [-0.05, 0) is 35.4 Å². The molecule has 8 nitrogen and oxygen atoms in total. The van der Waals surface area contributed by atoms with Crippen molar-refractivity contribution in [3.05, 3.63) is 53.6 Å². The van der Waals surface area contributed by atoms with Gasteiger partial charge in [0.05, 0.1) is 19.6 Å². The number of methoxy groups -OCH3 is 1. The quantitative estimate of drug-likeness (QED) is 0.744. The number of fused-ring (bicyclic) bond motifs is 1. The van der Waals surface area contributed by atoms with Gasteiger partial charge in [-0.3, -0.25) is 14.5 Å². The minimum atomic E-state index is -0.878. The number of nitrogens with zero attached hydrogens (tertiary/aromatic N) is 1. The fourth-order valence-electron chi connectivity index (χ4n) is 4.45. The largest absolute Gasteiger partial charge is 0.497 e. The van der Waals surface area contributed by atoms with Gasteiger partial charge in [-0.15, -0.1) is 0 Å². The predicted molar refractivity (Wildman–Crippen MR) is 108 cm³/mol. The third kappa shape index (κ3) is 3.91. The number of aliphatic carboxylic acids is 1. The van der Waals surface area contributed by atoms with E-state index >= 15 is 0 Å². The van der Waals surface area contributed by atoms with Gasteiger partial charge in [-0.1, -0.05) is 18.2 Å². The van der Waals surface area contributed by atoms with Crippen molar-refractivity contribution in [2.45, 2.75) is 11.8 Å². The zero-order valence-corrected chi connectivity index (χ0v) is 16.6. The number of amides is 1. The van der Waals surface area contributed by atoms with E-state index in [1.165, 1.54) is 0 Å². The van der Waals surface area contributed by atoms with E-state index < -0.39 is 17.8 Å². The maximum atomic E-state index is 12.4. The summed E-state index contributed by atoms with van der Waals surface area (Å²) in [6.45, 7) is 1.05. The summed E-state index contributed by atoms with van der Waals surface area (Å²) >= 11 is 0. The molecular weight excluding hydrogens is 388 g/mol. The normalized spacial score (nSPS) is 23.2. The Kier molecular flexibility index (Phi) is 5.50. The summed E-state index contributed by atoms with van der Waals surface area (Å²) < 4.78 is 16.1. The van der Waals surface area contributed by atoms with Gasteiger partial charge in [0.25, 0.3) is 0 Å². The van der Waals surface area contributed by atoms with E-state index in [9.17, 15) is 14.7 Å². The second-order valence-corrected chi connectivity index (χ2v) is 7.62. The monoisotopic (exact) mass is 412 g/mol. The fraction of sp³-hybridized carbons (Fsp3) is 0.364. The number of nitrogens with two attached hydrogens (primary N) is 1. The van der Waals surface area contributed by atoms with Gasteiger partial charge >= 0.3 is 5.97 Å². The molecular formula is C22H24N2O6. The van der Waals surface area contributed by atoms with E-state index in [0.29, 0.717) is 30.3 Å². The molecule has 2 aliphatic heterocycles. The summed E-state index contributed by atoms with van der Waals surface area (Å²) in [6, 6.07) is 12.9. The Morgan fingerprint density at radius 3 is 2.33 bits per heavy atom. The van der Waals surface area contributed by atoms with Gasteiger partial charge in [-0.2, -0.15) is 0 Å². The maximum Gasteiger partial charge on any atom is 0.307 e. The van der Waals surface area contributed by atoms with Crippen LogP contribution in [0.5, 0.6) is 17.2 Å². The number of benzene rings is 2. The molecule has 8 heteroatoms. The second-order valence-electron chi connectivity index (χ2n) is 7.62. The average molecular weight is 412 g/mol. The lowest BCUT2D eigenvalue weighted by atomic mass is 9.71. The molecule has 0 spiro atoms. The summed E-state index contributed by atoms with van der Waals surface area (Å²) in [6.07, 6.45) is 0. The van der Waals surface area contributed by atoms with Crippen LogP contribution in [-0.2, 0) is 9.59 Å². The van der Waals surface area contributed by atoms with Gasteiger partial charge < -0.3 is 25.1 Å². The highest BCUT2D eigenvalue weighted by Crippen LogP contribution is 2.44. The number of carbonyl (C=O) groups is 2. The standard InChI is InChI=1S/C22H24N2O6/c1-28-15-5-2-13(3-6-15)16-9-24(11-20(23)25)10-17(21(16)22(26)27)14-4-7-18-19(8-14)30-12-29-18/h2-8,16-17,21H,9-12H2,1H3,(H2,23,25)(H,26,27). The lowest BCUT2D eigenvalue weighted by Crippen LogP contribution is -2.49. The minimum absolute atomic E-state index is 0.0695. The van der Waals surface area contributed by atoms with E-state index in [-0.39, 0.29) is 25.2 Å². The van der Waals surface area contributed by atoms with Crippen LogP contribution in [-0.4, -0.2) is 55.4 Å². The summed E-state index contributed by atoms with van der Waals surface area (Å²) in [4.78, 5) is 26.0. The first-order valence-electron chi connectivity index (χ1n) is 9.73. The van der Waals surface area contributed by atoms with Crippen LogP contribution in [0.15, 0.2) is 42.5 Å². The Morgan fingerprint density at radius 1 is 1.07 bits per heavy atom. The van der Waals surface area contributed by atoms with Gasteiger partial charge in [0, 0.05) is 24.9 Å². The highest BCUT2D eigenvalue weighted by molar-refractivity contribution is 5.76. The third-order valence-corrected chi connectivity index (χ3v) is 5.81. The van der Waals surface area contributed by atoms with Crippen LogP contribution < -0.4 is 19.9 Å². The number of carbonyl (C=O) groups excluding carboxylic acids is 1. The van der Waals surface area contributed by atoms with Crippen LogP contribution in [0.4, 0.5) is 0 Å². The number of likely N-dealkylation sites (tertiary alicyclic amines) is 1. The molecule has 3 atom stereocenters. The number of carboxylic acids is 1. The Morgan fingerprint density at radius 2 is 1.70 bits per heavy atom. The predicted octanol–water partition coefficient (Wildman–Crippen LogP) is 1.79. The van der Waals surface area contributed by atoms with Crippen LogP contribution in [0, 0.1) is 5.92 Å². The first kappa shape index (κ1) is 20.0. The van der Waals surface area contributed by atoms with E-state index in [1.807, 2.05) is 41.3 Å². The van der Waals surface area contributed by atoms with Crippen molar-refractivity contribution >= 4 is 11.9 Å². The number of hydrogen-bond donors (Lipinski definition) is 2. The molecule has 2 aromatic rings. The Balaban J connectivity index is 1.73. The highest BCUT2D eigenvalue weighted by atomic mass is 16.7. The molecule has 4 rings (SSSR count). The van der Waals surface area contributed by atoms with Crippen LogP contribution in [0.2, 0.25) is 0 Å². The smallest absolute Gasteiger partial charge is 0.307 e. The molecule has 2 aromatic carbocycles.